The number of halogens is 2. The highest BCUT2D eigenvalue weighted by molar-refractivity contribution is 6.42. The van der Waals surface area contributed by atoms with Crippen LogP contribution in [-0.4, -0.2) is 0 Å². The molecule has 0 saturated heterocycles. The highest BCUT2D eigenvalue weighted by Crippen LogP contribution is 2.31. The lowest BCUT2D eigenvalue weighted by Gasteiger charge is -2.23. The number of aryl methyl sites for hydroxylation is 1. The number of nitrogens with one attached hydrogen (secondary N) is 1. The molecule has 0 aliphatic carbocycles. The van der Waals surface area contributed by atoms with Crippen LogP contribution in [0.2, 0.25) is 10.0 Å². The number of benzene rings is 2. The lowest BCUT2D eigenvalue weighted by molar-refractivity contribution is 0.493. The van der Waals surface area contributed by atoms with Gasteiger partial charge < -0.3 is 5.32 Å². The fourth-order valence-electron chi connectivity index (χ4n) is 2.48. The minimum absolute atomic E-state index is 0.135. The molecule has 0 spiro atoms. The summed E-state index contributed by atoms with van der Waals surface area (Å²) < 4.78 is 0. The third-order valence-electron chi connectivity index (χ3n) is 3.60. The van der Waals surface area contributed by atoms with E-state index in [-0.39, 0.29) is 12.1 Å². The molecule has 0 saturated carbocycles. The van der Waals surface area contributed by atoms with Gasteiger partial charge in [0.05, 0.1) is 10.0 Å². The Morgan fingerprint density at radius 2 is 1.45 bits per heavy atom. The maximum Gasteiger partial charge on any atom is 0.0639 e. The van der Waals surface area contributed by atoms with Crippen LogP contribution in [0.5, 0.6) is 0 Å². The molecule has 2 atom stereocenters. The second-order valence-electron chi connectivity index (χ2n) is 5.11. The molecule has 0 fully saturated rings. The summed E-state index contributed by atoms with van der Waals surface area (Å²) in [6, 6.07) is 14.5. The Morgan fingerprint density at radius 3 is 2.15 bits per heavy atom. The molecule has 0 aliphatic rings. The number of rotatable bonds is 4. The van der Waals surface area contributed by atoms with Crippen molar-refractivity contribution in [2.75, 3.05) is 0 Å². The Hall–Kier alpha value is -1.02. The van der Waals surface area contributed by atoms with Gasteiger partial charge in [-0.3, -0.25) is 0 Å². The first-order valence-corrected chi connectivity index (χ1v) is 7.51. The second-order valence-corrected chi connectivity index (χ2v) is 5.89. The van der Waals surface area contributed by atoms with Crippen molar-refractivity contribution in [2.45, 2.75) is 32.9 Å². The number of hydrogen-bond acceptors (Lipinski definition) is 1. The monoisotopic (exact) mass is 307 g/mol. The SMILES string of the molecule is Cc1ccccc1[C@H](C)NC(C)c1cccc(Cl)c1Cl. The van der Waals surface area contributed by atoms with E-state index in [1.54, 1.807) is 0 Å². The van der Waals surface area contributed by atoms with Gasteiger partial charge in [-0.25, -0.2) is 0 Å². The van der Waals surface area contributed by atoms with Crippen molar-refractivity contribution < 1.29 is 0 Å². The van der Waals surface area contributed by atoms with Crippen LogP contribution in [0.3, 0.4) is 0 Å². The van der Waals surface area contributed by atoms with Gasteiger partial charge in [0.15, 0.2) is 0 Å². The quantitative estimate of drug-likeness (QED) is 0.762. The molecule has 1 nitrogen and oxygen atoms in total. The topological polar surface area (TPSA) is 12.0 Å². The highest BCUT2D eigenvalue weighted by atomic mass is 35.5. The Balaban J connectivity index is 2.17. The van der Waals surface area contributed by atoms with Crippen LogP contribution in [0.25, 0.3) is 0 Å². The van der Waals surface area contributed by atoms with E-state index in [1.165, 1.54) is 11.1 Å². The van der Waals surface area contributed by atoms with Crippen molar-refractivity contribution in [1.82, 2.24) is 5.32 Å². The molecule has 20 heavy (non-hydrogen) atoms. The average molecular weight is 308 g/mol. The minimum atomic E-state index is 0.135. The minimum Gasteiger partial charge on any atom is -0.304 e. The van der Waals surface area contributed by atoms with E-state index in [1.807, 2.05) is 18.2 Å². The fraction of sp³-hybridized carbons (Fsp3) is 0.294. The smallest absolute Gasteiger partial charge is 0.0639 e. The van der Waals surface area contributed by atoms with E-state index < -0.39 is 0 Å². The summed E-state index contributed by atoms with van der Waals surface area (Å²) in [6.07, 6.45) is 0. The van der Waals surface area contributed by atoms with Gasteiger partial charge in [0.1, 0.15) is 0 Å². The highest BCUT2D eigenvalue weighted by Gasteiger charge is 2.15. The van der Waals surface area contributed by atoms with Gasteiger partial charge in [-0.15, -0.1) is 0 Å². The van der Waals surface area contributed by atoms with Gasteiger partial charge in [0.25, 0.3) is 0 Å². The molecular formula is C17H19Cl2N. The van der Waals surface area contributed by atoms with E-state index in [0.29, 0.717) is 10.0 Å². The molecule has 0 bridgehead atoms. The summed E-state index contributed by atoms with van der Waals surface area (Å²) in [4.78, 5) is 0. The largest absolute Gasteiger partial charge is 0.304 e. The van der Waals surface area contributed by atoms with Crippen molar-refractivity contribution in [3.8, 4) is 0 Å². The predicted octanol–water partition coefficient (Wildman–Crippen LogP) is 5.71. The molecule has 0 aliphatic heterocycles. The standard InChI is InChI=1S/C17H19Cl2N/c1-11-7-4-5-8-14(11)12(2)20-13(3)15-9-6-10-16(18)17(15)19/h4-10,12-13,20H,1-3H3/t12-,13?/m0/s1. The summed E-state index contributed by atoms with van der Waals surface area (Å²) in [5.41, 5.74) is 3.62. The first-order chi connectivity index (χ1) is 9.50. The zero-order chi connectivity index (χ0) is 14.7. The predicted molar refractivity (Wildman–Crippen MR) is 87.6 cm³/mol. The average Bonchev–Trinajstić information content (AvgIpc) is 2.42. The van der Waals surface area contributed by atoms with Gasteiger partial charge in [-0.2, -0.15) is 0 Å². The van der Waals surface area contributed by atoms with Crippen molar-refractivity contribution >= 4 is 23.2 Å². The van der Waals surface area contributed by atoms with E-state index in [4.69, 9.17) is 23.2 Å². The van der Waals surface area contributed by atoms with Gasteiger partial charge in [-0.05, 0) is 43.5 Å². The molecule has 0 amide bonds. The Kier molecular flexibility index (Phi) is 5.09. The van der Waals surface area contributed by atoms with E-state index >= 15 is 0 Å². The van der Waals surface area contributed by atoms with Crippen molar-refractivity contribution in [1.29, 1.82) is 0 Å². The summed E-state index contributed by atoms with van der Waals surface area (Å²) in [6.45, 7) is 6.40. The summed E-state index contributed by atoms with van der Waals surface area (Å²) >= 11 is 12.4. The first-order valence-electron chi connectivity index (χ1n) is 6.76. The Bertz CT molecular complexity index is 595. The van der Waals surface area contributed by atoms with Crippen molar-refractivity contribution in [2.24, 2.45) is 0 Å². The molecule has 2 aromatic rings. The normalized spacial score (nSPS) is 14.1. The summed E-state index contributed by atoms with van der Waals surface area (Å²) in [5.74, 6) is 0. The van der Waals surface area contributed by atoms with Crippen LogP contribution in [0.1, 0.15) is 42.6 Å². The molecule has 1 unspecified atom stereocenters. The maximum atomic E-state index is 6.28. The van der Waals surface area contributed by atoms with Crippen molar-refractivity contribution in [3.05, 3.63) is 69.2 Å². The van der Waals surface area contributed by atoms with Crippen LogP contribution < -0.4 is 5.32 Å². The Labute approximate surface area is 130 Å². The number of hydrogen-bond donors (Lipinski definition) is 1. The van der Waals surface area contributed by atoms with Crippen LogP contribution in [0.15, 0.2) is 42.5 Å². The molecule has 0 radical (unpaired) electrons. The lowest BCUT2D eigenvalue weighted by Crippen LogP contribution is -2.23. The van der Waals surface area contributed by atoms with E-state index in [2.05, 4.69) is 50.4 Å². The molecule has 0 heterocycles. The van der Waals surface area contributed by atoms with Gasteiger partial charge in [0, 0.05) is 12.1 Å². The third-order valence-corrected chi connectivity index (χ3v) is 4.44. The van der Waals surface area contributed by atoms with E-state index in [0.717, 1.165) is 5.56 Å². The van der Waals surface area contributed by atoms with Crippen LogP contribution in [0, 0.1) is 6.92 Å². The first kappa shape index (κ1) is 15.4. The summed E-state index contributed by atoms with van der Waals surface area (Å²) in [7, 11) is 0. The molecule has 0 aromatic heterocycles. The zero-order valence-corrected chi connectivity index (χ0v) is 13.5. The maximum absolute atomic E-state index is 6.28. The van der Waals surface area contributed by atoms with Crippen molar-refractivity contribution in [3.63, 3.8) is 0 Å². The zero-order valence-electron chi connectivity index (χ0n) is 12.0. The molecule has 2 rings (SSSR count). The summed E-state index contributed by atoms with van der Waals surface area (Å²) in [5, 5.41) is 4.81. The van der Waals surface area contributed by atoms with Crippen LogP contribution in [0.4, 0.5) is 0 Å². The molecule has 3 heteroatoms. The van der Waals surface area contributed by atoms with E-state index in [9.17, 15) is 0 Å². The molecule has 2 aromatic carbocycles. The third kappa shape index (κ3) is 3.35. The van der Waals surface area contributed by atoms with Gasteiger partial charge >= 0.3 is 0 Å². The Morgan fingerprint density at radius 1 is 0.850 bits per heavy atom. The second kappa shape index (κ2) is 6.62. The fourth-order valence-corrected chi connectivity index (χ4v) is 2.95. The van der Waals surface area contributed by atoms with Crippen LogP contribution in [-0.2, 0) is 0 Å². The molecule has 106 valence electrons. The van der Waals surface area contributed by atoms with Gasteiger partial charge in [-0.1, -0.05) is 59.6 Å². The lowest BCUT2D eigenvalue weighted by atomic mass is 10.0. The van der Waals surface area contributed by atoms with Gasteiger partial charge in [0.2, 0.25) is 0 Å². The molecular weight excluding hydrogens is 289 g/mol. The molecule has 1 N–H and O–H groups in total. The van der Waals surface area contributed by atoms with Crippen LogP contribution >= 0.6 is 23.2 Å².